The molecule has 3 heterocycles. The van der Waals surface area contributed by atoms with E-state index in [1.807, 2.05) is 48.8 Å². The van der Waals surface area contributed by atoms with E-state index in [4.69, 9.17) is 9.72 Å². The second-order valence-electron chi connectivity index (χ2n) is 9.07. The number of imidazole rings is 1. The Labute approximate surface area is 210 Å². The number of rotatable bonds is 6. The molecule has 0 N–H and O–H groups in total. The van der Waals surface area contributed by atoms with Crippen LogP contribution in [0.5, 0.6) is 5.75 Å². The number of ether oxygens (including phenoxy) is 1. The van der Waals surface area contributed by atoms with E-state index in [-0.39, 0.29) is 0 Å². The molecule has 6 rings (SSSR count). The van der Waals surface area contributed by atoms with Crippen LogP contribution in [0.4, 0.5) is 0 Å². The Morgan fingerprint density at radius 1 is 0.750 bits per heavy atom. The van der Waals surface area contributed by atoms with Crippen LogP contribution < -0.4 is 4.74 Å². The highest BCUT2D eigenvalue weighted by Gasteiger charge is 2.15. The SMILES string of the molecule is Cc1cccc(C)c1Cn1c(COc2ccc3cccnc3c2)nc2ccc(-c3ccncc3)cc21. The van der Waals surface area contributed by atoms with E-state index in [1.165, 1.54) is 16.7 Å². The van der Waals surface area contributed by atoms with Crippen LogP contribution in [0.3, 0.4) is 0 Å². The number of pyridine rings is 2. The molecule has 5 heteroatoms. The highest BCUT2D eigenvalue weighted by Crippen LogP contribution is 2.28. The van der Waals surface area contributed by atoms with Gasteiger partial charge in [-0.3, -0.25) is 9.97 Å². The maximum atomic E-state index is 6.25. The molecule has 6 aromatic rings. The normalized spacial score (nSPS) is 11.3. The van der Waals surface area contributed by atoms with Crippen molar-refractivity contribution in [3.8, 4) is 16.9 Å². The first-order valence-electron chi connectivity index (χ1n) is 12.1. The molecular weight excluding hydrogens is 444 g/mol. The Morgan fingerprint density at radius 3 is 2.42 bits per heavy atom. The molecule has 0 spiro atoms. The van der Waals surface area contributed by atoms with Crippen molar-refractivity contribution in [3.63, 3.8) is 0 Å². The van der Waals surface area contributed by atoms with Crippen molar-refractivity contribution in [2.24, 2.45) is 0 Å². The maximum absolute atomic E-state index is 6.25. The zero-order valence-corrected chi connectivity index (χ0v) is 20.3. The highest BCUT2D eigenvalue weighted by molar-refractivity contribution is 5.83. The van der Waals surface area contributed by atoms with Gasteiger partial charge in [0.1, 0.15) is 18.2 Å². The highest BCUT2D eigenvalue weighted by atomic mass is 16.5. The summed E-state index contributed by atoms with van der Waals surface area (Å²) in [4.78, 5) is 13.6. The van der Waals surface area contributed by atoms with Crippen LogP contribution in [0.25, 0.3) is 33.1 Å². The van der Waals surface area contributed by atoms with E-state index < -0.39 is 0 Å². The molecule has 0 saturated heterocycles. The molecule has 0 radical (unpaired) electrons. The largest absolute Gasteiger partial charge is 0.486 e. The van der Waals surface area contributed by atoms with Crippen LogP contribution in [0, 0.1) is 13.8 Å². The minimum Gasteiger partial charge on any atom is -0.486 e. The molecule has 5 nitrogen and oxygen atoms in total. The quantitative estimate of drug-likeness (QED) is 0.266. The lowest BCUT2D eigenvalue weighted by Crippen LogP contribution is -2.10. The average molecular weight is 471 g/mol. The van der Waals surface area contributed by atoms with Crippen molar-refractivity contribution < 1.29 is 4.74 Å². The van der Waals surface area contributed by atoms with Gasteiger partial charge in [0, 0.05) is 36.6 Å². The van der Waals surface area contributed by atoms with Crippen LogP contribution in [-0.2, 0) is 13.2 Å². The van der Waals surface area contributed by atoms with Gasteiger partial charge in [0.15, 0.2) is 0 Å². The minimum atomic E-state index is 0.364. The van der Waals surface area contributed by atoms with E-state index in [9.17, 15) is 0 Å². The van der Waals surface area contributed by atoms with Crippen LogP contribution in [-0.4, -0.2) is 19.5 Å². The summed E-state index contributed by atoms with van der Waals surface area (Å²) in [6, 6.07) is 26.9. The second kappa shape index (κ2) is 9.27. The van der Waals surface area contributed by atoms with Gasteiger partial charge < -0.3 is 9.30 Å². The third kappa shape index (κ3) is 4.20. The molecule has 0 amide bonds. The first-order valence-corrected chi connectivity index (χ1v) is 12.1. The summed E-state index contributed by atoms with van der Waals surface area (Å²) >= 11 is 0. The van der Waals surface area contributed by atoms with E-state index in [0.717, 1.165) is 51.2 Å². The van der Waals surface area contributed by atoms with Gasteiger partial charge in [-0.25, -0.2) is 4.98 Å². The molecule has 3 aromatic heterocycles. The van der Waals surface area contributed by atoms with Gasteiger partial charge in [-0.05, 0) is 84.1 Å². The number of aryl methyl sites for hydroxylation is 2. The Kier molecular flexibility index (Phi) is 5.66. The van der Waals surface area contributed by atoms with Gasteiger partial charge >= 0.3 is 0 Å². The zero-order valence-electron chi connectivity index (χ0n) is 20.3. The van der Waals surface area contributed by atoms with Crippen molar-refractivity contribution in [3.05, 3.63) is 120 Å². The summed E-state index contributed by atoms with van der Waals surface area (Å²) in [6.07, 6.45) is 5.45. The summed E-state index contributed by atoms with van der Waals surface area (Å²) < 4.78 is 8.54. The lowest BCUT2D eigenvalue weighted by atomic mass is 10.0. The predicted molar refractivity (Wildman–Crippen MR) is 144 cm³/mol. The maximum Gasteiger partial charge on any atom is 0.148 e. The fourth-order valence-corrected chi connectivity index (χ4v) is 4.72. The van der Waals surface area contributed by atoms with Gasteiger partial charge in [0.05, 0.1) is 16.6 Å². The summed E-state index contributed by atoms with van der Waals surface area (Å²) in [5.41, 5.74) is 9.09. The van der Waals surface area contributed by atoms with Gasteiger partial charge in [-0.15, -0.1) is 0 Å². The Hall–Kier alpha value is -4.51. The van der Waals surface area contributed by atoms with E-state index in [2.05, 4.69) is 70.8 Å². The predicted octanol–water partition coefficient (Wildman–Crippen LogP) is 6.89. The number of nitrogens with zero attached hydrogens (tertiary/aromatic N) is 4. The van der Waals surface area contributed by atoms with Crippen molar-refractivity contribution in [2.75, 3.05) is 0 Å². The van der Waals surface area contributed by atoms with Crippen molar-refractivity contribution in [2.45, 2.75) is 27.0 Å². The molecular formula is C31H26N4O. The topological polar surface area (TPSA) is 52.8 Å². The third-order valence-electron chi connectivity index (χ3n) is 6.75. The lowest BCUT2D eigenvalue weighted by Gasteiger charge is -2.15. The Morgan fingerprint density at radius 2 is 1.58 bits per heavy atom. The number of fused-ring (bicyclic) bond motifs is 2. The molecule has 36 heavy (non-hydrogen) atoms. The van der Waals surface area contributed by atoms with Crippen LogP contribution in [0.2, 0.25) is 0 Å². The number of benzene rings is 3. The zero-order chi connectivity index (χ0) is 24.5. The summed E-state index contributed by atoms with van der Waals surface area (Å²) in [5.74, 6) is 1.67. The molecule has 0 bridgehead atoms. The molecule has 3 aromatic carbocycles. The fraction of sp³-hybridized carbons (Fsp3) is 0.129. The summed E-state index contributed by atoms with van der Waals surface area (Å²) in [6.45, 7) is 5.43. The van der Waals surface area contributed by atoms with Gasteiger partial charge in [-0.1, -0.05) is 30.3 Å². The number of aromatic nitrogens is 4. The van der Waals surface area contributed by atoms with E-state index >= 15 is 0 Å². The van der Waals surface area contributed by atoms with E-state index in [1.54, 1.807) is 6.20 Å². The summed E-state index contributed by atoms with van der Waals surface area (Å²) in [7, 11) is 0. The molecule has 0 aliphatic heterocycles. The first kappa shape index (κ1) is 22.0. The van der Waals surface area contributed by atoms with Gasteiger partial charge in [0.2, 0.25) is 0 Å². The average Bonchev–Trinajstić information content (AvgIpc) is 3.26. The molecule has 0 saturated carbocycles. The van der Waals surface area contributed by atoms with Gasteiger partial charge in [0.25, 0.3) is 0 Å². The summed E-state index contributed by atoms with van der Waals surface area (Å²) in [5, 5.41) is 1.09. The Balaban J connectivity index is 1.41. The molecule has 0 aliphatic carbocycles. The van der Waals surface area contributed by atoms with Crippen molar-refractivity contribution in [1.82, 2.24) is 19.5 Å². The molecule has 0 atom stereocenters. The minimum absolute atomic E-state index is 0.364. The monoisotopic (exact) mass is 470 g/mol. The van der Waals surface area contributed by atoms with Crippen molar-refractivity contribution >= 4 is 21.9 Å². The van der Waals surface area contributed by atoms with Crippen molar-refractivity contribution in [1.29, 1.82) is 0 Å². The van der Waals surface area contributed by atoms with E-state index in [0.29, 0.717) is 6.61 Å². The van der Waals surface area contributed by atoms with Crippen LogP contribution in [0.1, 0.15) is 22.5 Å². The molecule has 0 unspecified atom stereocenters. The smallest absolute Gasteiger partial charge is 0.148 e. The second-order valence-corrected chi connectivity index (χ2v) is 9.07. The number of hydrogen-bond donors (Lipinski definition) is 0. The lowest BCUT2D eigenvalue weighted by molar-refractivity contribution is 0.291. The van der Waals surface area contributed by atoms with Gasteiger partial charge in [-0.2, -0.15) is 0 Å². The molecule has 0 fully saturated rings. The molecule has 0 aliphatic rings. The fourth-order valence-electron chi connectivity index (χ4n) is 4.72. The van der Waals surface area contributed by atoms with Crippen LogP contribution >= 0.6 is 0 Å². The first-order chi connectivity index (χ1) is 17.7. The number of hydrogen-bond acceptors (Lipinski definition) is 4. The Bertz CT molecular complexity index is 1670. The van der Waals surface area contributed by atoms with Crippen LogP contribution in [0.15, 0.2) is 97.5 Å². The molecule has 176 valence electrons. The third-order valence-corrected chi connectivity index (χ3v) is 6.75. The standard InChI is InChI=1S/C31H26N4O/c1-21-5-3-6-22(2)27(21)19-35-30-17-25(23-12-15-32-16-13-23)9-11-28(30)34-31(35)20-36-26-10-8-24-7-4-14-33-29(24)18-26/h3-18H,19-20H2,1-2H3.